The van der Waals surface area contributed by atoms with Crippen molar-refractivity contribution in [3.63, 3.8) is 0 Å². The summed E-state index contributed by atoms with van der Waals surface area (Å²) >= 11 is 0. The molecule has 6 rings (SSSR count). The summed E-state index contributed by atoms with van der Waals surface area (Å²) in [7, 11) is 0. The lowest BCUT2D eigenvalue weighted by molar-refractivity contribution is -0.191. The molecule has 0 unspecified atom stereocenters. The van der Waals surface area contributed by atoms with Crippen LogP contribution in [0.1, 0.15) is 0 Å². The number of para-hydroxylation sites is 1. The van der Waals surface area contributed by atoms with Gasteiger partial charge in [0, 0.05) is 38.4 Å². The summed E-state index contributed by atoms with van der Waals surface area (Å²) in [5, 5.41) is 9.82. The van der Waals surface area contributed by atoms with Crippen LogP contribution in [0.3, 0.4) is 0 Å². The highest BCUT2D eigenvalue weighted by Gasteiger charge is 2.20. The molecular weight excluding hydrogens is 450 g/mol. The molecule has 5 aromatic rings. The molecule has 0 radical (unpaired) electrons. The number of benzene rings is 1. The second-order valence-electron chi connectivity index (χ2n) is 7.97. The molecule has 0 spiro atoms. The van der Waals surface area contributed by atoms with Gasteiger partial charge in [-0.25, -0.2) is 9.67 Å². The minimum Gasteiger partial charge on any atom is -0.461 e. The Morgan fingerprint density at radius 3 is 2.43 bits per heavy atom. The van der Waals surface area contributed by atoms with Crippen molar-refractivity contribution in [1.29, 1.82) is 0 Å². The van der Waals surface area contributed by atoms with Gasteiger partial charge in [0.2, 0.25) is 11.8 Å². The van der Waals surface area contributed by atoms with Crippen LogP contribution < -0.4 is 10.6 Å². The summed E-state index contributed by atoms with van der Waals surface area (Å²) < 4.78 is 8.85. The van der Waals surface area contributed by atoms with Gasteiger partial charge >= 0.3 is 6.15 Å². The molecule has 35 heavy (non-hydrogen) atoms. The minimum absolute atomic E-state index is 0.250. The van der Waals surface area contributed by atoms with Crippen LogP contribution >= 0.6 is 0 Å². The lowest BCUT2D eigenvalue weighted by Gasteiger charge is -2.36. The van der Waals surface area contributed by atoms with Crippen LogP contribution in [0.15, 0.2) is 59.3 Å². The van der Waals surface area contributed by atoms with Gasteiger partial charge in [-0.05, 0) is 24.3 Å². The van der Waals surface area contributed by atoms with Crippen molar-refractivity contribution in [3.8, 4) is 11.6 Å². The molecule has 12 nitrogen and oxygen atoms in total. The van der Waals surface area contributed by atoms with Crippen LogP contribution in [-0.4, -0.2) is 73.1 Å². The average Bonchev–Trinajstić information content (AvgIpc) is 3.64. The van der Waals surface area contributed by atoms with Crippen molar-refractivity contribution >= 4 is 34.5 Å². The number of nitrogens with zero attached hydrogens (tertiary/aromatic N) is 8. The average molecular weight is 473 g/mol. The SMILES string of the molecule is Nc1nc2c(cnn2CCN2CCN(c3ccccc3)CC2)c2nc(-c3ccco3)nn12.O=C=O. The fraction of sp³-hybridized carbons (Fsp3) is 0.261. The first kappa shape index (κ1) is 22.3. The monoisotopic (exact) mass is 473 g/mol. The van der Waals surface area contributed by atoms with Crippen molar-refractivity contribution in [2.45, 2.75) is 6.54 Å². The number of furan rings is 1. The summed E-state index contributed by atoms with van der Waals surface area (Å²) in [4.78, 5) is 30.3. The van der Waals surface area contributed by atoms with Gasteiger partial charge in [0.25, 0.3) is 0 Å². The van der Waals surface area contributed by atoms with Gasteiger partial charge in [-0.3, -0.25) is 4.90 Å². The van der Waals surface area contributed by atoms with Crippen LogP contribution in [0.5, 0.6) is 0 Å². The van der Waals surface area contributed by atoms with E-state index in [4.69, 9.17) is 19.7 Å². The van der Waals surface area contributed by atoms with Gasteiger partial charge in [-0.2, -0.15) is 24.2 Å². The Balaban J connectivity index is 0.000000806. The molecule has 178 valence electrons. The van der Waals surface area contributed by atoms with E-state index >= 15 is 0 Å². The highest BCUT2D eigenvalue weighted by molar-refractivity contribution is 5.90. The summed E-state index contributed by atoms with van der Waals surface area (Å²) in [6, 6.07) is 14.2. The van der Waals surface area contributed by atoms with Gasteiger partial charge in [0.1, 0.15) is 0 Å². The molecule has 1 aliphatic rings. The Bertz CT molecular complexity index is 1450. The van der Waals surface area contributed by atoms with Crippen LogP contribution in [0.25, 0.3) is 28.3 Å². The predicted molar refractivity (Wildman–Crippen MR) is 126 cm³/mol. The van der Waals surface area contributed by atoms with E-state index in [0.717, 1.165) is 50.3 Å². The third kappa shape index (κ3) is 4.47. The smallest absolute Gasteiger partial charge is 0.373 e. The molecule has 0 atom stereocenters. The normalized spacial score (nSPS) is 14.1. The summed E-state index contributed by atoms with van der Waals surface area (Å²) in [6.07, 6.45) is 3.63. The molecule has 2 N–H and O–H groups in total. The fourth-order valence-corrected chi connectivity index (χ4v) is 4.24. The number of carbonyl (C=O) groups excluding carboxylic acids is 2. The molecule has 0 saturated carbocycles. The number of piperazine rings is 1. The molecule has 5 heterocycles. The molecule has 12 heteroatoms. The topological polar surface area (TPSA) is 141 Å². The van der Waals surface area contributed by atoms with Crippen LogP contribution in [0.2, 0.25) is 0 Å². The Kier molecular flexibility index (Phi) is 6.20. The highest BCUT2D eigenvalue weighted by atomic mass is 16.3. The lowest BCUT2D eigenvalue weighted by Crippen LogP contribution is -2.47. The third-order valence-electron chi connectivity index (χ3n) is 5.96. The van der Waals surface area contributed by atoms with E-state index in [0.29, 0.717) is 17.2 Å². The van der Waals surface area contributed by atoms with Crippen molar-refractivity contribution in [2.75, 3.05) is 43.4 Å². The van der Waals surface area contributed by atoms with E-state index in [1.807, 2.05) is 10.7 Å². The van der Waals surface area contributed by atoms with E-state index in [2.05, 4.69) is 60.3 Å². The molecule has 1 aliphatic heterocycles. The number of nitrogen functional groups attached to an aromatic ring is 1. The van der Waals surface area contributed by atoms with E-state index in [1.165, 1.54) is 10.2 Å². The van der Waals surface area contributed by atoms with Gasteiger partial charge < -0.3 is 15.1 Å². The van der Waals surface area contributed by atoms with Crippen molar-refractivity contribution in [2.24, 2.45) is 0 Å². The van der Waals surface area contributed by atoms with E-state index in [-0.39, 0.29) is 12.1 Å². The minimum atomic E-state index is 0.250. The number of nitrogens with two attached hydrogens (primary N) is 1. The second kappa shape index (κ2) is 9.75. The van der Waals surface area contributed by atoms with Gasteiger partial charge in [-0.15, -0.1) is 5.10 Å². The largest absolute Gasteiger partial charge is 0.461 e. The summed E-state index contributed by atoms with van der Waals surface area (Å²) in [6.45, 7) is 5.71. The van der Waals surface area contributed by atoms with Gasteiger partial charge in [0.05, 0.1) is 24.4 Å². The zero-order valence-corrected chi connectivity index (χ0v) is 18.8. The number of fused-ring (bicyclic) bond motifs is 3. The Morgan fingerprint density at radius 1 is 0.943 bits per heavy atom. The Hall–Kier alpha value is -4.54. The zero-order chi connectivity index (χ0) is 24.2. The first-order valence-corrected chi connectivity index (χ1v) is 11.1. The quantitative estimate of drug-likeness (QED) is 0.400. The molecule has 0 amide bonds. The molecule has 1 saturated heterocycles. The van der Waals surface area contributed by atoms with Crippen molar-refractivity contribution in [1.82, 2.24) is 34.3 Å². The van der Waals surface area contributed by atoms with Crippen molar-refractivity contribution in [3.05, 3.63) is 54.9 Å². The Morgan fingerprint density at radius 2 is 1.71 bits per heavy atom. The number of rotatable bonds is 5. The lowest BCUT2D eigenvalue weighted by atomic mass is 10.2. The second-order valence-corrected chi connectivity index (χ2v) is 7.97. The van der Waals surface area contributed by atoms with Crippen LogP contribution in [0.4, 0.5) is 11.6 Å². The molecule has 0 bridgehead atoms. The third-order valence-corrected chi connectivity index (χ3v) is 5.96. The first-order chi connectivity index (χ1) is 17.2. The van der Waals surface area contributed by atoms with Crippen LogP contribution in [-0.2, 0) is 16.1 Å². The maximum atomic E-state index is 8.12. The summed E-state index contributed by atoms with van der Waals surface area (Å²) in [5.41, 5.74) is 8.82. The van der Waals surface area contributed by atoms with E-state index in [1.54, 1.807) is 18.5 Å². The standard InChI is InChI=1S/C22H23N9O.CO2/c23-22-26-20-17(21-25-19(27-31(21)22)18-7-4-14-32-18)15-24-30(20)13-10-28-8-11-29(12-9-28)16-5-2-1-3-6-16;2-1-3/h1-7,14-15H,8-13H2,(H2,23,26);. The maximum absolute atomic E-state index is 8.12. The predicted octanol–water partition coefficient (Wildman–Crippen LogP) is 1.55. The van der Waals surface area contributed by atoms with Crippen molar-refractivity contribution < 1.29 is 14.0 Å². The van der Waals surface area contributed by atoms with E-state index in [9.17, 15) is 0 Å². The molecule has 1 fully saturated rings. The molecule has 4 aromatic heterocycles. The number of anilines is 2. The van der Waals surface area contributed by atoms with Gasteiger partial charge in [0.15, 0.2) is 17.1 Å². The zero-order valence-electron chi connectivity index (χ0n) is 18.8. The van der Waals surface area contributed by atoms with E-state index < -0.39 is 0 Å². The van der Waals surface area contributed by atoms with Gasteiger partial charge in [-0.1, -0.05) is 18.2 Å². The maximum Gasteiger partial charge on any atom is 0.373 e. The molecule has 1 aromatic carbocycles. The first-order valence-electron chi connectivity index (χ1n) is 11.1. The fourth-order valence-electron chi connectivity index (χ4n) is 4.24. The molecular formula is C23H23N9O3. The highest BCUT2D eigenvalue weighted by Crippen LogP contribution is 2.23. The van der Waals surface area contributed by atoms with Crippen LogP contribution in [0, 0.1) is 0 Å². The number of hydrogen-bond acceptors (Lipinski definition) is 10. The molecule has 0 aliphatic carbocycles. The number of hydrogen-bond donors (Lipinski definition) is 1. The summed E-state index contributed by atoms with van der Waals surface area (Å²) in [5.74, 6) is 1.33. The number of aromatic nitrogens is 6. The Labute approximate surface area is 199 Å².